The van der Waals surface area contributed by atoms with Gasteiger partial charge in [-0.3, -0.25) is 0 Å². The minimum atomic E-state index is 0.307. The summed E-state index contributed by atoms with van der Waals surface area (Å²) in [6.45, 7) is 7.38. The second-order valence-electron chi connectivity index (χ2n) is 7.64. The Morgan fingerprint density at radius 1 is 1.10 bits per heavy atom. The van der Waals surface area contributed by atoms with Gasteiger partial charge in [-0.2, -0.15) is 0 Å². The van der Waals surface area contributed by atoms with Crippen molar-refractivity contribution in [2.45, 2.75) is 56.9 Å². The number of hydrogen-bond acceptors (Lipinski definition) is 2. The lowest BCUT2D eigenvalue weighted by Gasteiger charge is -2.50. The highest BCUT2D eigenvalue weighted by Gasteiger charge is 2.56. The zero-order valence-corrected chi connectivity index (χ0v) is 14.2. The molecule has 0 bridgehead atoms. The molecule has 2 aliphatic rings. The van der Waals surface area contributed by atoms with Crippen LogP contribution < -0.4 is 4.90 Å². The van der Waals surface area contributed by atoms with E-state index >= 15 is 0 Å². The van der Waals surface area contributed by atoms with Gasteiger partial charge in [-0.05, 0) is 58.5 Å². The lowest BCUT2D eigenvalue weighted by molar-refractivity contribution is 0.182. The van der Waals surface area contributed by atoms with E-state index in [-0.39, 0.29) is 0 Å². The van der Waals surface area contributed by atoms with E-state index in [1.807, 2.05) is 0 Å². The van der Waals surface area contributed by atoms with Crippen LogP contribution in [0.4, 0.5) is 5.69 Å². The van der Waals surface area contributed by atoms with Crippen molar-refractivity contribution in [3.63, 3.8) is 0 Å². The summed E-state index contributed by atoms with van der Waals surface area (Å²) in [6, 6.07) is 9.16. The van der Waals surface area contributed by atoms with Crippen molar-refractivity contribution in [3.8, 4) is 0 Å². The molecule has 2 unspecified atom stereocenters. The Hall–Kier alpha value is -1.02. The van der Waals surface area contributed by atoms with Gasteiger partial charge in [0.25, 0.3) is 0 Å². The third-order valence-corrected chi connectivity index (χ3v) is 6.15. The Morgan fingerprint density at radius 3 is 2.57 bits per heavy atom. The van der Waals surface area contributed by atoms with Crippen molar-refractivity contribution >= 4 is 5.69 Å². The summed E-state index contributed by atoms with van der Waals surface area (Å²) in [5, 5.41) is 0. The van der Waals surface area contributed by atoms with E-state index in [9.17, 15) is 0 Å². The van der Waals surface area contributed by atoms with Gasteiger partial charge in [-0.15, -0.1) is 0 Å². The molecule has 0 saturated heterocycles. The molecule has 0 N–H and O–H groups in total. The molecular formula is C19H30N2. The molecule has 2 nitrogen and oxygen atoms in total. The Bertz CT molecular complexity index is 510. The van der Waals surface area contributed by atoms with Crippen molar-refractivity contribution in [1.29, 1.82) is 0 Å². The summed E-state index contributed by atoms with van der Waals surface area (Å²) in [6.07, 6.45) is 6.67. The fraction of sp³-hybridized carbons (Fsp3) is 0.684. The van der Waals surface area contributed by atoms with E-state index < -0.39 is 0 Å². The normalized spacial score (nSPS) is 31.4. The van der Waals surface area contributed by atoms with Crippen LogP contribution >= 0.6 is 0 Å². The fourth-order valence-corrected chi connectivity index (χ4v) is 4.70. The molecular weight excluding hydrogens is 256 g/mol. The van der Waals surface area contributed by atoms with Crippen molar-refractivity contribution in [1.82, 2.24) is 4.90 Å². The first-order chi connectivity index (χ1) is 9.99. The van der Waals surface area contributed by atoms with Gasteiger partial charge in [0.05, 0.1) is 0 Å². The van der Waals surface area contributed by atoms with Gasteiger partial charge in [0.15, 0.2) is 0 Å². The first-order valence-corrected chi connectivity index (χ1v) is 8.51. The summed E-state index contributed by atoms with van der Waals surface area (Å²) in [4.78, 5) is 5.04. The molecule has 0 amide bonds. The monoisotopic (exact) mass is 286 g/mol. The van der Waals surface area contributed by atoms with Crippen LogP contribution in [0, 0.1) is 0 Å². The average Bonchev–Trinajstić information content (AvgIpc) is 2.65. The van der Waals surface area contributed by atoms with E-state index in [4.69, 9.17) is 0 Å². The van der Waals surface area contributed by atoms with Crippen LogP contribution in [-0.4, -0.2) is 37.6 Å². The summed E-state index contributed by atoms with van der Waals surface area (Å²) in [5.74, 6) is 0. The first-order valence-electron chi connectivity index (χ1n) is 8.51. The zero-order valence-electron chi connectivity index (χ0n) is 14.2. The minimum Gasteiger partial charge on any atom is -0.365 e. The fourth-order valence-electron chi connectivity index (χ4n) is 4.70. The van der Waals surface area contributed by atoms with Gasteiger partial charge in [-0.25, -0.2) is 0 Å². The predicted octanol–water partition coefficient (Wildman–Crippen LogP) is 4.05. The van der Waals surface area contributed by atoms with Gasteiger partial charge in [0.2, 0.25) is 0 Å². The highest BCUT2D eigenvalue weighted by molar-refractivity contribution is 5.66. The van der Waals surface area contributed by atoms with E-state index in [0.29, 0.717) is 11.0 Å². The number of rotatable bonds is 4. The highest BCUT2D eigenvalue weighted by Crippen LogP contribution is 2.58. The Kier molecular flexibility index (Phi) is 3.77. The van der Waals surface area contributed by atoms with Crippen LogP contribution in [0.25, 0.3) is 0 Å². The smallest absolute Gasteiger partial charge is 0.0468 e. The molecule has 21 heavy (non-hydrogen) atoms. The van der Waals surface area contributed by atoms with Crippen molar-refractivity contribution in [2.24, 2.45) is 0 Å². The van der Waals surface area contributed by atoms with Crippen LogP contribution in [0.1, 0.15) is 51.5 Å². The number of benzene rings is 1. The van der Waals surface area contributed by atoms with Gasteiger partial charge >= 0.3 is 0 Å². The molecule has 2 atom stereocenters. The number of fused-ring (bicyclic) bond motifs is 3. The number of nitrogens with zero attached hydrogens (tertiary/aromatic N) is 2. The zero-order chi connectivity index (χ0) is 15.1. The topological polar surface area (TPSA) is 6.48 Å². The first kappa shape index (κ1) is 14.9. The molecule has 1 heterocycles. The molecule has 0 radical (unpaired) electrons. The predicted molar refractivity (Wildman–Crippen MR) is 91.2 cm³/mol. The Morgan fingerprint density at radius 2 is 1.81 bits per heavy atom. The summed E-state index contributed by atoms with van der Waals surface area (Å²) in [7, 11) is 4.34. The van der Waals surface area contributed by atoms with Crippen LogP contribution in [0.5, 0.6) is 0 Å². The third kappa shape index (κ3) is 2.19. The standard InChI is InChI=1S/C19H30N2/c1-18-12-7-8-13-19(18,2)21(15-9-14-20(3)4)17-11-6-5-10-16(17)18/h5-6,10-11H,7-9,12-15H2,1-4H3. The third-order valence-electron chi connectivity index (χ3n) is 6.15. The van der Waals surface area contributed by atoms with E-state index in [1.165, 1.54) is 50.9 Å². The maximum Gasteiger partial charge on any atom is 0.0468 e. The number of anilines is 1. The second kappa shape index (κ2) is 5.31. The van der Waals surface area contributed by atoms with Crippen LogP contribution in [0.15, 0.2) is 24.3 Å². The van der Waals surface area contributed by atoms with Gasteiger partial charge in [0, 0.05) is 23.2 Å². The molecule has 0 spiro atoms. The van der Waals surface area contributed by atoms with Crippen molar-refractivity contribution in [3.05, 3.63) is 29.8 Å². The maximum absolute atomic E-state index is 2.74. The number of hydrogen-bond donors (Lipinski definition) is 0. The summed E-state index contributed by atoms with van der Waals surface area (Å²) < 4.78 is 0. The van der Waals surface area contributed by atoms with Gasteiger partial charge in [-0.1, -0.05) is 38.0 Å². The average molecular weight is 286 g/mol. The lowest BCUT2D eigenvalue weighted by atomic mass is 9.61. The highest BCUT2D eigenvalue weighted by atomic mass is 15.2. The van der Waals surface area contributed by atoms with Crippen molar-refractivity contribution < 1.29 is 0 Å². The molecule has 1 aliphatic heterocycles. The molecule has 2 heteroatoms. The Labute approximate surface area is 130 Å². The van der Waals surface area contributed by atoms with E-state index in [0.717, 1.165) is 0 Å². The quantitative estimate of drug-likeness (QED) is 0.824. The molecule has 1 saturated carbocycles. The van der Waals surface area contributed by atoms with Crippen LogP contribution in [0.2, 0.25) is 0 Å². The molecule has 1 fully saturated rings. The Balaban J connectivity index is 1.94. The number of para-hydroxylation sites is 1. The molecule has 0 aromatic heterocycles. The SMILES string of the molecule is CN(C)CCCN1c2ccccc2C2(C)CCCCC12C. The minimum absolute atomic E-state index is 0.307. The molecule has 1 aliphatic carbocycles. The van der Waals surface area contributed by atoms with Crippen molar-refractivity contribution in [2.75, 3.05) is 32.1 Å². The largest absolute Gasteiger partial charge is 0.365 e. The maximum atomic E-state index is 2.74. The van der Waals surface area contributed by atoms with Gasteiger partial charge in [0.1, 0.15) is 0 Å². The van der Waals surface area contributed by atoms with Crippen LogP contribution in [0.3, 0.4) is 0 Å². The molecule has 1 aromatic carbocycles. The van der Waals surface area contributed by atoms with E-state index in [1.54, 1.807) is 5.56 Å². The molecule has 116 valence electrons. The summed E-state index contributed by atoms with van der Waals surface area (Å²) in [5.41, 5.74) is 3.74. The summed E-state index contributed by atoms with van der Waals surface area (Å²) >= 11 is 0. The van der Waals surface area contributed by atoms with E-state index in [2.05, 4.69) is 62.0 Å². The second-order valence-corrected chi connectivity index (χ2v) is 7.64. The molecule has 3 rings (SSSR count). The molecule has 1 aromatic rings. The van der Waals surface area contributed by atoms with Gasteiger partial charge < -0.3 is 9.80 Å². The lowest BCUT2D eigenvalue weighted by Crippen LogP contribution is -2.56. The van der Waals surface area contributed by atoms with Crippen LogP contribution in [-0.2, 0) is 5.41 Å².